The van der Waals surface area contributed by atoms with Gasteiger partial charge in [-0.25, -0.2) is 8.78 Å². The molecule has 0 aromatic heterocycles. The minimum atomic E-state index is -0.842. The summed E-state index contributed by atoms with van der Waals surface area (Å²) in [4.78, 5) is 14.4. The highest BCUT2D eigenvalue weighted by molar-refractivity contribution is 5.83. The smallest absolute Gasteiger partial charge is 0.226 e. The van der Waals surface area contributed by atoms with Gasteiger partial charge in [0.05, 0.1) is 0 Å². The van der Waals surface area contributed by atoms with Gasteiger partial charge in [-0.2, -0.15) is 0 Å². The third kappa shape index (κ3) is 2.86. The summed E-state index contributed by atoms with van der Waals surface area (Å²) < 4.78 is 27.1. The zero-order valence-electron chi connectivity index (χ0n) is 12.8. The first kappa shape index (κ1) is 15.4. The SMILES string of the molecule is C[C@H](N)[C@@H]1CCCN(C(=O)[C@H]2C[C@H]2c2cccc(F)c2F)C1. The Balaban J connectivity index is 1.66. The summed E-state index contributed by atoms with van der Waals surface area (Å²) in [6.07, 6.45) is 2.62. The Hall–Kier alpha value is -1.49. The second-order valence-electron chi connectivity index (χ2n) is 6.64. The first-order valence-electron chi connectivity index (χ1n) is 7.97. The van der Waals surface area contributed by atoms with Crippen molar-refractivity contribution in [2.24, 2.45) is 17.6 Å². The van der Waals surface area contributed by atoms with Gasteiger partial charge >= 0.3 is 0 Å². The molecule has 2 N–H and O–H groups in total. The fourth-order valence-electron chi connectivity index (χ4n) is 3.49. The van der Waals surface area contributed by atoms with Gasteiger partial charge in [0.15, 0.2) is 11.6 Å². The van der Waals surface area contributed by atoms with Gasteiger partial charge in [0.1, 0.15) is 0 Å². The Morgan fingerprint density at radius 1 is 1.41 bits per heavy atom. The number of hydrogen-bond acceptors (Lipinski definition) is 2. The normalized spacial score (nSPS) is 29.3. The molecule has 22 heavy (non-hydrogen) atoms. The van der Waals surface area contributed by atoms with E-state index >= 15 is 0 Å². The van der Waals surface area contributed by atoms with Crippen molar-refractivity contribution in [3.05, 3.63) is 35.4 Å². The number of hydrogen-bond donors (Lipinski definition) is 1. The van der Waals surface area contributed by atoms with Crippen LogP contribution in [0.4, 0.5) is 8.78 Å². The number of nitrogens with two attached hydrogens (primary N) is 1. The van der Waals surface area contributed by atoms with Crippen LogP contribution < -0.4 is 5.73 Å². The molecule has 1 aromatic carbocycles. The van der Waals surface area contributed by atoms with E-state index in [-0.39, 0.29) is 23.8 Å². The first-order chi connectivity index (χ1) is 10.5. The van der Waals surface area contributed by atoms with Gasteiger partial charge in [0, 0.05) is 25.0 Å². The van der Waals surface area contributed by atoms with Crippen molar-refractivity contribution < 1.29 is 13.6 Å². The Morgan fingerprint density at radius 2 is 2.18 bits per heavy atom. The molecular formula is C17H22F2N2O. The summed E-state index contributed by atoms with van der Waals surface area (Å²) in [5.41, 5.74) is 6.28. The van der Waals surface area contributed by atoms with Crippen LogP contribution in [0.5, 0.6) is 0 Å². The summed E-state index contributed by atoms with van der Waals surface area (Å²) in [6.45, 7) is 3.41. The number of carbonyl (C=O) groups excluding carboxylic acids is 1. The van der Waals surface area contributed by atoms with Crippen LogP contribution >= 0.6 is 0 Å². The summed E-state index contributed by atoms with van der Waals surface area (Å²) >= 11 is 0. The van der Waals surface area contributed by atoms with E-state index in [1.807, 2.05) is 11.8 Å². The second-order valence-corrected chi connectivity index (χ2v) is 6.64. The molecule has 0 unspecified atom stereocenters. The largest absolute Gasteiger partial charge is 0.342 e. The minimum absolute atomic E-state index is 0.0685. The van der Waals surface area contributed by atoms with Gasteiger partial charge in [0.25, 0.3) is 0 Å². The lowest BCUT2D eigenvalue weighted by molar-refractivity contribution is -0.134. The maximum atomic E-state index is 13.8. The number of benzene rings is 1. The van der Waals surface area contributed by atoms with Gasteiger partial charge in [-0.15, -0.1) is 0 Å². The number of amides is 1. The van der Waals surface area contributed by atoms with Crippen molar-refractivity contribution in [1.29, 1.82) is 0 Å². The Kier molecular flexibility index (Phi) is 4.17. The van der Waals surface area contributed by atoms with E-state index in [0.717, 1.165) is 25.5 Å². The van der Waals surface area contributed by atoms with Gasteiger partial charge in [-0.1, -0.05) is 12.1 Å². The lowest BCUT2D eigenvalue weighted by Crippen LogP contribution is -2.45. The van der Waals surface area contributed by atoms with E-state index < -0.39 is 11.6 Å². The van der Waals surface area contributed by atoms with E-state index in [1.165, 1.54) is 6.07 Å². The first-order valence-corrected chi connectivity index (χ1v) is 7.97. The molecule has 1 aliphatic heterocycles. The van der Waals surface area contributed by atoms with Crippen LogP contribution in [0.2, 0.25) is 0 Å². The van der Waals surface area contributed by atoms with E-state index in [2.05, 4.69) is 0 Å². The number of likely N-dealkylation sites (tertiary alicyclic amines) is 1. The van der Waals surface area contributed by atoms with E-state index in [9.17, 15) is 13.6 Å². The Morgan fingerprint density at radius 3 is 2.91 bits per heavy atom. The van der Waals surface area contributed by atoms with Crippen LogP contribution in [0.25, 0.3) is 0 Å². The van der Waals surface area contributed by atoms with Crippen molar-refractivity contribution in [2.75, 3.05) is 13.1 Å². The third-order valence-corrected chi connectivity index (χ3v) is 5.00. The number of nitrogens with zero attached hydrogens (tertiary/aromatic N) is 1. The zero-order valence-corrected chi connectivity index (χ0v) is 12.8. The molecular weight excluding hydrogens is 286 g/mol. The summed E-state index contributed by atoms with van der Waals surface area (Å²) in [7, 11) is 0. The molecule has 3 nitrogen and oxygen atoms in total. The number of rotatable bonds is 3. The van der Waals surface area contributed by atoms with Crippen LogP contribution in [0.15, 0.2) is 18.2 Å². The van der Waals surface area contributed by atoms with Gasteiger partial charge < -0.3 is 10.6 Å². The number of carbonyl (C=O) groups is 1. The van der Waals surface area contributed by atoms with E-state index in [0.29, 0.717) is 24.4 Å². The molecule has 1 saturated carbocycles. The zero-order chi connectivity index (χ0) is 15.9. The van der Waals surface area contributed by atoms with Crippen molar-refractivity contribution in [3.8, 4) is 0 Å². The van der Waals surface area contributed by atoms with Crippen LogP contribution in [0.3, 0.4) is 0 Å². The van der Waals surface area contributed by atoms with Crippen molar-refractivity contribution in [3.63, 3.8) is 0 Å². The monoisotopic (exact) mass is 308 g/mol. The standard InChI is InChI=1S/C17H22F2N2O/c1-10(20)11-4-3-7-21(9-11)17(22)14-8-13(14)12-5-2-6-15(18)16(12)19/h2,5-6,10-11,13-14H,3-4,7-9,20H2,1H3/t10-,11+,13-,14-/m0/s1. The van der Waals surface area contributed by atoms with E-state index in [4.69, 9.17) is 5.73 Å². The van der Waals surface area contributed by atoms with Crippen molar-refractivity contribution in [1.82, 2.24) is 4.90 Å². The molecule has 4 atom stereocenters. The highest BCUT2D eigenvalue weighted by atomic mass is 19.2. The van der Waals surface area contributed by atoms with Gasteiger partial charge in [0.2, 0.25) is 5.91 Å². The van der Waals surface area contributed by atoms with Crippen molar-refractivity contribution in [2.45, 2.75) is 38.1 Å². The highest BCUT2D eigenvalue weighted by Gasteiger charge is 2.47. The lowest BCUT2D eigenvalue weighted by atomic mass is 9.92. The fourth-order valence-corrected chi connectivity index (χ4v) is 3.49. The summed E-state index contributed by atoms with van der Waals surface area (Å²) in [5, 5.41) is 0. The topological polar surface area (TPSA) is 46.3 Å². The molecule has 2 fully saturated rings. The molecule has 1 amide bonds. The minimum Gasteiger partial charge on any atom is -0.342 e. The maximum absolute atomic E-state index is 13.8. The summed E-state index contributed by atoms with van der Waals surface area (Å²) in [5.74, 6) is -1.64. The molecule has 0 spiro atoms. The maximum Gasteiger partial charge on any atom is 0.226 e. The predicted molar refractivity (Wildman–Crippen MR) is 80.2 cm³/mol. The Bertz CT molecular complexity index is 576. The van der Waals surface area contributed by atoms with Gasteiger partial charge in [-0.05, 0) is 49.7 Å². The van der Waals surface area contributed by atoms with E-state index in [1.54, 1.807) is 6.07 Å². The quantitative estimate of drug-likeness (QED) is 0.933. The van der Waals surface area contributed by atoms with Crippen LogP contribution in [0.1, 0.15) is 37.7 Å². The predicted octanol–water partition coefficient (Wildman–Crippen LogP) is 2.65. The Labute approximate surface area is 129 Å². The second kappa shape index (κ2) is 5.95. The van der Waals surface area contributed by atoms with Crippen LogP contribution in [-0.4, -0.2) is 29.9 Å². The molecule has 1 aromatic rings. The van der Waals surface area contributed by atoms with Crippen LogP contribution in [0, 0.1) is 23.5 Å². The molecule has 1 aliphatic carbocycles. The molecule has 3 rings (SSSR count). The van der Waals surface area contributed by atoms with Crippen molar-refractivity contribution >= 4 is 5.91 Å². The molecule has 0 bridgehead atoms. The highest BCUT2D eigenvalue weighted by Crippen LogP contribution is 2.49. The number of piperidine rings is 1. The summed E-state index contributed by atoms with van der Waals surface area (Å²) in [6, 6.07) is 4.26. The average molecular weight is 308 g/mol. The van der Waals surface area contributed by atoms with Crippen LogP contribution in [-0.2, 0) is 4.79 Å². The third-order valence-electron chi connectivity index (χ3n) is 5.00. The molecule has 120 valence electrons. The lowest BCUT2D eigenvalue weighted by Gasteiger charge is -2.34. The van der Waals surface area contributed by atoms with Gasteiger partial charge in [-0.3, -0.25) is 4.79 Å². The molecule has 2 aliphatic rings. The molecule has 1 saturated heterocycles. The molecule has 5 heteroatoms. The molecule has 1 heterocycles. The fraction of sp³-hybridized carbons (Fsp3) is 0.588. The number of halogens is 2. The average Bonchev–Trinajstić information content (AvgIpc) is 3.29. The molecule has 0 radical (unpaired) electrons.